The van der Waals surface area contributed by atoms with E-state index < -0.39 is 0 Å². The van der Waals surface area contributed by atoms with Crippen molar-refractivity contribution in [1.82, 2.24) is 0 Å². The number of ether oxygens (including phenoxy) is 1. The maximum atomic E-state index is 5.39. The quantitative estimate of drug-likeness (QED) is 0.536. The summed E-state index contributed by atoms with van der Waals surface area (Å²) < 4.78 is 5.94. The van der Waals surface area contributed by atoms with Gasteiger partial charge in [-0.05, 0) is 37.1 Å². The Morgan fingerprint density at radius 2 is 1.82 bits per heavy atom. The molecule has 1 unspecified atom stereocenters. The highest BCUT2D eigenvalue weighted by atomic mass is 79.9. The lowest BCUT2D eigenvalue weighted by Gasteiger charge is -2.34. The normalized spacial score (nSPS) is 12.2. The molecule has 0 heterocycles. The van der Waals surface area contributed by atoms with Gasteiger partial charge in [0.25, 0.3) is 0 Å². The minimum Gasteiger partial charge on any atom is -1.00 e. The summed E-state index contributed by atoms with van der Waals surface area (Å²) in [6.07, 6.45) is 5.39. The summed E-state index contributed by atoms with van der Waals surface area (Å²) in [5.41, 5.74) is 1.28. The second kappa shape index (κ2) is 6.68. The van der Waals surface area contributed by atoms with Crippen molar-refractivity contribution in [3.05, 3.63) is 29.8 Å². The van der Waals surface area contributed by atoms with E-state index in [0.29, 0.717) is 6.04 Å². The van der Waals surface area contributed by atoms with Crippen molar-refractivity contribution in [3.63, 3.8) is 0 Å². The molecule has 0 radical (unpaired) electrons. The van der Waals surface area contributed by atoms with Gasteiger partial charge in [-0.15, -0.1) is 6.42 Å². The highest BCUT2D eigenvalue weighted by Gasteiger charge is 2.24. The van der Waals surface area contributed by atoms with Crippen LogP contribution in [0.15, 0.2) is 24.3 Å². The molecule has 1 aromatic carbocycles. The van der Waals surface area contributed by atoms with E-state index in [-0.39, 0.29) is 17.0 Å². The van der Waals surface area contributed by atoms with Crippen molar-refractivity contribution in [2.75, 3.05) is 27.7 Å². The molecule has 1 atom stereocenters. The van der Waals surface area contributed by atoms with Gasteiger partial charge in [0, 0.05) is 5.56 Å². The molecule has 0 fully saturated rings. The number of hydrogen-bond donors (Lipinski definition) is 0. The number of hydrogen-bond acceptors (Lipinski definition) is 1. The minimum absolute atomic E-state index is 0. The van der Waals surface area contributed by atoms with E-state index in [0.717, 1.165) is 16.8 Å². The van der Waals surface area contributed by atoms with Gasteiger partial charge in [0.1, 0.15) is 18.3 Å². The van der Waals surface area contributed by atoms with Crippen molar-refractivity contribution in [3.8, 4) is 18.1 Å². The highest BCUT2D eigenvalue weighted by molar-refractivity contribution is 5.28. The number of methoxy groups -OCH3 is 1. The molecule has 0 saturated carbocycles. The zero-order chi connectivity index (χ0) is 12.2. The van der Waals surface area contributed by atoms with Gasteiger partial charge in [-0.25, -0.2) is 0 Å². The van der Waals surface area contributed by atoms with Gasteiger partial charge in [-0.2, -0.15) is 0 Å². The van der Waals surface area contributed by atoms with Crippen molar-refractivity contribution < 1.29 is 26.2 Å². The summed E-state index contributed by atoms with van der Waals surface area (Å²) in [4.78, 5) is 0. The maximum absolute atomic E-state index is 5.39. The topological polar surface area (TPSA) is 9.23 Å². The van der Waals surface area contributed by atoms with Crippen LogP contribution in [0.4, 0.5) is 0 Å². The first-order valence-corrected chi connectivity index (χ1v) is 5.41. The second-order valence-electron chi connectivity index (χ2n) is 4.59. The lowest BCUT2D eigenvalue weighted by Crippen LogP contribution is -3.00. The standard InChI is InChI=1S/C14H20NO.BrH/c1-6-11-15(3,4)12(2)13-7-9-14(16-5)10-8-13;/h1,7-10,12H,11H2,2-5H3;1H/q+1;/p-1. The van der Waals surface area contributed by atoms with E-state index in [4.69, 9.17) is 11.2 Å². The first-order valence-electron chi connectivity index (χ1n) is 5.41. The Kier molecular flexibility index (Phi) is 6.30. The van der Waals surface area contributed by atoms with Crippen LogP contribution in [-0.4, -0.2) is 32.2 Å². The molecule has 0 bridgehead atoms. The van der Waals surface area contributed by atoms with Crippen molar-refractivity contribution in [2.24, 2.45) is 0 Å². The van der Waals surface area contributed by atoms with Gasteiger partial charge < -0.3 is 26.2 Å². The summed E-state index contributed by atoms with van der Waals surface area (Å²) in [7, 11) is 5.97. The maximum Gasteiger partial charge on any atom is 0.140 e. The Bertz CT molecular complexity index is 378. The number of halogens is 1. The van der Waals surface area contributed by atoms with Crippen LogP contribution in [0.25, 0.3) is 0 Å². The lowest BCUT2D eigenvalue weighted by atomic mass is 10.1. The molecule has 0 saturated heterocycles. The van der Waals surface area contributed by atoms with Gasteiger partial charge in [0.05, 0.1) is 21.2 Å². The fraction of sp³-hybridized carbons (Fsp3) is 0.429. The Hall–Kier alpha value is -0.980. The monoisotopic (exact) mass is 297 g/mol. The summed E-state index contributed by atoms with van der Waals surface area (Å²) >= 11 is 0. The molecule has 94 valence electrons. The van der Waals surface area contributed by atoms with Gasteiger partial charge in [-0.3, -0.25) is 0 Å². The summed E-state index contributed by atoms with van der Waals surface area (Å²) in [5, 5.41) is 0. The number of nitrogens with zero attached hydrogens (tertiary/aromatic N) is 1. The molecule has 2 nitrogen and oxygen atoms in total. The minimum atomic E-state index is 0. The third-order valence-corrected chi connectivity index (χ3v) is 3.15. The Balaban J connectivity index is 0.00000256. The predicted molar refractivity (Wildman–Crippen MR) is 67.2 cm³/mol. The molecule has 0 aliphatic heterocycles. The van der Waals surface area contributed by atoms with Gasteiger partial charge in [0.15, 0.2) is 0 Å². The number of quaternary nitrogens is 1. The molecule has 17 heavy (non-hydrogen) atoms. The molecule has 0 aliphatic carbocycles. The van der Waals surface area contributed by atoms with Crippen LogP contribution in [-0.2, 0) is 0 Å². The SMILES string of the molecule is C#CC[N+](C)(C)C(C)c1ccc(OC)cc1.[Br-]. The third-order valence-electron chi connectivity index (χ3n) is 3.15. The van der Waals surface area contributed by atoms with Crippen LogP contribution in [0.5, 0.6) is 5.75 Å². The lowest BCUT2D eigenvalue weighted by molar-refractivity contribution is -0.912. The third kappa shape index (κ3) is 4.07. The fourth-order valence-corrected chi connectivity index (χ4v) is 1.66. The average molecular weight is 298 g/mol. The fourth-order valence-electron chi connectivity index (χ4n) is 1.66. The van der Waals surface area contributed by atoms with Crippen molar-refractivity contribution in [1.29, 1.82) is 0 Å². The predicted octanol–water partition coefficient (Wildman–Crippen LogP) is -0.530. The van der Waals surface area contributed by atoms with E-state index >= 15 is 0 Å². The summed E-state index contributed by atoms with van der Waals surface area (Å²) in [6, 6.07) is 8.55. The molecule has 3 heteroatoms. The molecule has 1 aromatic rings. The van der Waals surface area contributed by atoms with Crippen LogP contribution < -0.4 is 21.7 Å². The van der Waals surface area contributed by atoms with Gasteiger partial charge in [-0.1, -0.05) is 0 Å². The van der Waals surface area contributed by atoms with E-state index in [9.17, 15) is 0 Å². The molecule has 0 aliphatic rings. The van der Waals surface area contributed by atoms with Crippen molar-refractivity contribution >= 4 is 0 Å². The summed E-state index contributed by atoms with van der Waals surface area (Å²) in [5.74, 6) is 3.62. The van der Waals surface area contributed by atoms with Gasteiger partial charge >= 0.3 is 0 Å². The molecular formula is C14H20BrNO. The van der Waals surface area contributed by atoms with E-state index in [1.807, 2.05) is 12.1 Å². The Labute approximate surface area is 115 Å². The molecule has 0 spiro atoms. The second-order valence-corrected chi connectivity index (χ2v) is 4.59. The summed E-state index contributed by atoms with van der Waals surface area (Å²) in [6.45, 7) is 2.92. The first-order chi connectivity index (χ1) is 7.51. The molecule has 1 rings (SSSR count). The molecular weight excluding hydrogens is 278 g/mol. The molecule has 0 aromatic heterocycles. The van der Waals surface area contributed by atoms with E-state index in [2.05, 4.69) is 39.1 Å². The van der Waals surface area contributed by atoms with Crippen LogP contribution >= 0.6 is 0 Å². The molecule has 0 amide bonds. The van der Waals surface area contributed by atoms with Crippen LogP contribution in [0.2, 0.25) is 0 Å². The van der Waals surface area contributed by atoms with E-state index in [1.165, 1.54) is 5.56 Å². The Morgan fingerprint density at radius 3 is 2.24 bits per heavy atom. The number of benzene rings is 1. The zero-order valence-corrected chi connectivity index (χ0v) is 12.5. The van der Waals surface area contributed by atoms with Gasteiger partial charge in [0.2, 0.25) is 0 Å². The smallest absolute Gasteiger partial charge is 0.140 e. The van der Waals surface area contributed by atoms with Crippen LogP contribution in [0.3, 0.4) is 0 Å². The van der Waals surface area contributed by atoms with Crippen LogP contribution in [0, 0.1) is 12.3 Å². The van der Waals surface area contributed by atoms with E-state index in [1.54, 1.807) is 7.11 Å². The van der Waals surface area contributed by atoms with Crippen LogP contribution in [0.1, 0.15) is 18.5 Å². The Morgan fingerprint density at radius 1 is 1.29 bits per heavy atom. The first kappa shape index (κ1) is 16.0. The number of rotatable bonds is 4. The average Bonchev–Trinajstić information content (AvgIpc) is 2.28. The highest BCUT2D eigenvalue weighted by Crippen LogP contribution is 2.25. The number of terminal acetylenes is 1. The van der Waals surface area contributed by atoms with Crippen molar-refractivity contribution in [2.45, 2.75) is 13.0 Å². The largest absolute Gasteiger partial charge is 1.00 e. The molecule has 0 N–H and O–H groups in total. The zero-order valence-electron chi connectivity index (χ0n) is 10.9.